The number of benzene rings is 1. The molecule has 1 spiro atoms. The molecule has 36 heavy (non-hydrogen) atoms. The number of likely N-dealkylation sites (N-methyl/N-ethyl adjacent to an activating group) is 1. The van der Waals surface area contributed by atoms with Crippen LogP contribution in [0.5, 0.6) is 6.01 Å². The lowest BCUT2D eigenvalue weighted by Gasteiger charge is -2.38. The van der Waals surface area contributed by atoms with E-state index in [-0.39, 0.29) is 11.8 Å². The molecule has 1 aromatic heterocycles. The summed E-state index contributed by atoms with van der Waals surface area (Å²) in [6.45, 7) is 3.85. The zero-order valence-corrected chi connectivity index (χ0v) is 21.0. The van der Waals surface area contributed by atoms with Crippen molar-refractivity contribution >= 4 is 11.6 Å². The normalized spacial score (nSPS) is 25.0. The van der Waals surface area contributed by atoms with Crippen molar-refractivity contribution < 1.29 is 9.53 Å². The molecule has 0 amide bonds. The van der Waals surface area contributed by atoms with Gasteiger partial charge in [0.05, 0.1) is 12.5 Å². The molecule has 6 rings (SSSR count). The summed E-state index contributed by atoms with van der Waals surface area (Å²) in [4.78, 5) is 28.4. The van der Waals surface area contributed by atoms with Gasteiger partial charge in [0.15, 0.2) is 5.78 Å². The summed E-state index contributed by atoms with van der Waals surface area (Å²) in [5.74, 6) is 0.952. The first-order chi connectivity index (χ1) is 17.6. The maximum absolute atomic E-state index is 14.1. The van der Waals surface area contributed by atoms with Crippen molar-refractivity contribution in [3.05, 3.63) is 46.6 Å². The number of Topliss-reactive ketones (excluding diaryl/α,β-unsaturated/α-hetero) is 1. The topological polar surface area (TPSA) is 94.4 Å². The maximum atomic E-state index is 14.1. The predicted molar refractivity (Wildman–Crippen MR) is 136 cm³/mol. The van der Waals surface area contributed by atoms with Crippen LogP contribution in [0.4, 0.5) is 5.82 Å². The number of piperazine rings is 1. The Morgan fingerprint density at radius 2 is 2.03 bits per heavy atom. The van der Waals surface area contributed by atoms with Crippen LogP contribution in [0.15, 0.2) is 24.3 Å². The van der Waals surface area contributed by atoms with Gasteiger partial charge in [0.1, 0.15) is 18.1 Å². The summed E-state index contributed by atoms with van der Waals surface area (Å²) >= 11 is 0. The van der Waals surface area contributed by atoms with Crippen LogP contribution in [0.3, 0.4) is 0 Å². The number of carbonyl (C=O) groups is 1. The second kappa shape index (κ2) is 9.45. The second-order valence-electron chi connectivity index (χ2n) is 10.9. The number of ketones is 1. The molecule has 4 aliphatic rings. The minimum Gasteiger partial charge on any atom is -0.462 e. The van der Waals surface area contributed by atoms with E-state index in [0.717, 1.165) is 63.1 Å². The fraction of sp³-hybridized carbons (Fsp3) is 0.571. The molecular formula is C28H34N6O2. The zero-order chi connectivity index (χ0) is 24.7. The number of anilines is 1. The van der Waals surface area contributed by atoms with E-state index in [0.29, 0.717) is 37.3 Å². The molecule has 8 nitrogen and oxygen atoms in total. The molecule has 2 aliphatic heterocycles. The van der Waals surface area contributed by atoms with Gasteiger partial charge in [-0.15, -0.1) is 0 Å². The smallest absolute Gasteiger partial charge is 0.319 e. The summed E-state index contributed by atoms with van der Waals surface area (Å²) in [6.07, 6.45) is 5.87. The average molecular weight is 487 g/mol. The predicted octanol–water partition coefficient (Wildman–Crippen LogP) is 2.56. The summed E-state index contributed by atoms with van der Waals surface area (Å²) < 4.78 is 6.18. The van der Waals surface area contributed by atoms with E-state index in [1.807, 2.05) is 0 Å². The molecule has 8 heteroatoms. The van der Waals surface area contributed by atoms with Gasteiger partial charge in [-0.1, -0.05) is 24.3 Å². The number of hydrogen-bond acceptors (Lipinski definition) is 8. The number of fused-ring (bicyclic) bond motifs is 2. The Morgan fingerprint density at radius 3 is 2.75 bits per heavy atom. The molecule has 188 valence electrons. The molecule has 1 N–H and O–H groups in total. The highest BCUT2D eigenvalue weighted by atomic mass is 16.5. The lowest BCUT2D eigenvalue weighted by Crippen LogP contribution is -2.51. The SMILES string of the molecule is CN1CCC[C@H]1COc1nc2c(c(N3CCN[C@@H](CC#N)C3)n1)CCC1(Cc3ccccc3C1)C2=O. The summed E-state index contributed by atoms with van der Waals surface area (Å²) in [6, 6.07) is 11.5. The van der Waals surface area contributed by atoms with E-state index >= 15 is 0 Å². The summed E-state index contributed by atoms with van der Waals surface area (Å²) in [7, 11) is 2.13. The van der Waals surface area contributed by atoms with Crippen LogP contribution in [0.1, 0.15) is 52.9 Å². The van der Waals surface area contributed by atoms with Gasteiger partial charge in [-0.2, -0.15) is 15.2 Å². The number of aromatic nitrogens is 2. The van der Waals surface area contributed by atoms with Crippen LogP contribution in [-0.2, 0) is 19.3 Å². The van der Waals surface area contributed by atoms with E-state index < -0.39 is 5.41 Å². The third-order valence-electron chi connectivity index (χ3n) is 8.66. The first-order valence-corrected chi connectivity index (χ1v) is 13.3. The lowest BCUT2D eigenvalue weighted by atomic mass is 9.70. The molecule has 0 unspecified atom stereocenters. The number of likely N-dealkylation sites (tertiary alicyclic amines) is 1. The zero-order valence-electron chi connectivity index (χ0n) is 21.0. The molecule has 0 saturated carbocycles. The van der Waals surface area contributed by atoms with Gasteiger partial charge < -0.3 is 19.9 Å². The molecule has 2 aromatic rings. The third kappa shape index (κ3) is 4.14. The van der Waals surface area contributed by atoms with Gasteiger partial charge in [0, 0.05) is 42.7 Å². The summed E-state index contributed by atoms with van der Waals surface area (Å²) in [5, 5.41) is 12.7. The van der Waals surface area contributed by atoms with Crippen molar-refractivity contribution in [3.8, 4) is 12.1 Å². The third-order valence-corrected chi connectivity index (χ3v) is 8.66. The second-order valence-corrected chi connectivity index (χ2v) is 10.9. The van der Waals surface area contributed by atoms with Crippen molar-refractivity contribution in [2.24, 2.45) is 5.41 Å². The average Bonchev–Trinajstić information content (AvgIpc) is 3.48. The number of nitrogens with one attached hydrogen (secondary N) is 1. The molecule has 1 aromatic carbocycles. The van der Waals surface area contributed by atoms with Crippen molar-refractivity contribution in [1.82, 2.24) is 20.2 Å². The van der Waals surface area contributed by atoms with Crippen LogP contribution in [0, 0.1) is 16.7 Å². The largest absolute Gasteiger partial charge is 0.462 e. The minimum absolute atomic E-state index is 0.0841. The van der Waals surface area contributed by atoms with Gasteiger partial charge >= 0.3 is 6.01 Å². The van der Waals surface area contributed by atoms with E-state index in [9.17, 15) is 10.1 Å². The van der Waals surface area contributed by atoms with Gasteiger partial charge in [-0.05, 0) is 63.2 Å². The van der Waals surface area contributed by atoms with E-state index in [1.54, 1.807) is 0 Å². The Hall–Kier alpha value is -3.02. The van der Waals surface area contributed by atoms with Gasteiger partial charge in [-0.25, -0.2) is 0 Å². The minimum atomic E-state index is -0.419. The van der Waals surface area contributed by atoms with Crippen LogP contribution in [0.2, 0.25) is 0 Å². The lowest BCUT2D eigenvalue weighted by molar-refractivity contribution is 0.0761. The molecule has 3 heterocycles. The highest BCUT2D eigenvalue weighted by Crippen LogP contribution is 2.47. The van der Waals surface area contributed by atoms with Gasteiger partial charge in [-0.3, -0.25) is 4.79 Å². The van der Waals surface area contributed by atoms with E-state index in [2.05, 4.69) is 52.5 Å². The van der Waals surface area contributed by atoms with Crippen molar-refractivity contribution in [2.75, 3.05) is 44.7 Å². The molecule has 2 aliphatic carbocycles. The standard InChI is InChI=1S/C28H34N6O2/c1-33-13-4-7-22(33)18-36-27-31-24-23(26(32-27)34-14-12-30-21(17-34)9-11-29)8-10-28(25(24)35)15-19-5-2-3-6-20(19)16-28/h2-3,5-6,21-22,30H,4,7-10,12-18H2,1H3/t21-,22-/m0/s1. The Labute approximate surface area is 212 Å². The molecule has 0 bridgehead atoms. The van der Waals surface area contributed by atoms with E-state index in [1.165, 1.54) is 17.5 Å². The molecule has 2 saturated heterocycles. The number of nitrogens with zero attached hydrogens (tertiary/aromatic N) is 5. The molecule has 2 fully saturated rings. The van der Waals surface area contributed by atoms with Crippen LogP contribution < -0.4 is 15.0 Å². The van der Waals surface area contributed by atoms with Gasteiger partial charge in [0.25, 0.3) is 0 Å². The number of hydrogen-bond donors (Lipinski definition) is 1. The summed E-state index contributed by atoms with van der Waals surface area (Å²) in [5.41, 5.74) is 3.64. The Morgan fingerprint density at radius 1 is 1.22 bits per heavy atom. The Bertz CT molecular complexity index is 1180. The number of carbonyl (C=O) groups excluding carboxylic acids is 1. The fourth-order valence-electron chi connectivity index (χ4n) is 6.58. The van der Waals surface area contributed by atoms with Crippen LogP contribution >= 0.6 is 0 Å². The van der Waals surface area contributed by atoms with E-state index in [4.69, 9.17) is 14.7 Å². The highest BCUT2D eigenvalue weighted by molar-refractivity contribution is 6.03. The first kappa shape index (κ1) is 23.4. The fourth-order valence-corrected chi connectivity index (χ4v) is 6.58. The quantitative estimate of drug-likeness (QED) is 0.689. The Kier molecular flexibility index (Phi) is 6.14. The number of nitriles is 1. The van der Waals surface area contributed by atoms with Crippen molar-refractivity contribution in [1.29, 1.82) is 5.26 Å². The Balaban J connectivity index is 1.34. The van der Waals surface area contributed by atoms with Gasteiger partial charge in [0.2, 0.25) is 0 Å². The van der Waals surface area contributed by atoms with Crippen LogP contribution in [-0.4, -0.2) is 72.6 Å². The molecular weight excluding hydrogens is 452 g/mol. The number of rotatable bonds is 5. The van der Waals surface area contributed by atoms with Crippen molar-refractivity contribution in [3.63, 3.8) is 0 Å². The van der Waals surface area contributed by atoms with Crippen LogP contribution in [0.25, 0.3) is 0 Å². The van der Waals surface area contributed by atoms with Crippen molar-refractivity contribution in [2.45, 2.75) is 57.0 Å². The number of ether oxygens (including phenoxy) is 1. The molecule has 0 radical (unpaired) electrons. The maximum Gasteiger partial charge on any atom is 0.319 e. The molecule has 2 atom stereocenters. The first-order valence-electron chi connectivity index (χ1n) is 13.3. The monoisotopic (exact) mass is 486 g/mol. The highest BCUT2D eigenvalue weighted by Gasteiger charge is 2.48.